The van der Waals surface area contributed by atoms with E-state index in [4.69, 9.17) is 0 Å². The van der Waals surface area contributed by atoms with Crippen LogP contribution in [0.3, 0.4) is 0 Å². The number of hydrogen-bond donors (Lipinski definition) is 2. The van der Waals surface area contributed by atoms with Gasteiger partial charge in [0.2, 0.25) is 11.8 Å². The van der Waals surface area contributed by atoms with E-state index >= 15 is 0 Å². The van der Waals surface area contributed by atoms with Gasteiger partial charge in [-0.1, -0.05) is 13.0 Å². The van der Waals surface area contributed by atoms with Crippen LogP contribution in [0, 0.1) is 0 Å². The van der Waals surface area contributed by atoms with Gasteiger partial charge < -0.3 is 10.6 Å². The minimum Gasteiger partial charge on any atom is -0.355 e. The van der Waals surface area contributed by atoms with Gasteiger partial charge in [0.25, 0.3) is 0 Å². The van der Waals surface area contributed by atoms with Crippen molar-refractivity contribution >= 4 is 27.3 Å². The zero-order chi connectivity index (χ0) is 17.5. The van der Waals surface area contributed by atoms with Crippen molar-refractivity contribution in [2.45, 2.75) is 18.7 Å². The molecule has 7 nitrogen and oxygen atoms in total. The van der Waals surface area contributed by atoms with Crippen LogP contribution >= 0.6 is 0 Å². The molecule has 8 heteroatoms. The number of sulfone groups is 1. The Bertz CT molecular complexity index is 658. The Kier molecular flexibility index (Phi) is 7.18. The molecule has 2 N–H and O–H groups in total. The SMILES string of the molecule is CCNC(=O)CN(CC)CC(=O)Nc1cccc(S(C)(=O)=O)c1. The number of carbonyl (C=O) groups is 2. The van der Waals surface area contributed by atoms with Crippen molar-refractivity contribution in [1.82, 2.24) is 10.2 Å². The molecule has 2 amide bonds. The molecule has 0 atom stereocenters. The molecule has 0 aromatic heterocycles. The second-order valence-corrected chi connectivity index (χ2v) is 7.12. The topological polar surface area (TPSA) is 95.6 Å². The van der Waals surface area contributed by atoms with Gasteiger partial charge in [-0.2, -0.15) is 0 Å². The summed E-state index contributed by atoms with van der Waals surface area (Å²) in [7, 11) is -3.33. The van der Waals surface area contributed by atoms with Gasteiger partial charge in [-0.3, -0.25) is 14.5 Å². The second kappa shape index (κ2) is 8.64. The third-order valence-corrected chi connectivity index (χ3v) is 4.21. The lowest BCUT2D eigenvalue weighted by atomic mass is 10.3. The molecule has 128 valence electrons. The molecule has 0 saturated carbocycles. The molecule has 0 heterocycles. The Morgan fingerprint density at radius 2 is 1.78 bits per heavy atom. The van der Waals surface area contributed by atoms with Gasteiger partial charge >= 0.3 is 0 Å². The molecule has 1 rings (SSSR count). The molecule has 0 aliphatic carbocycles. The summed E-state index contributed by atoms with van der Waals surface area (Å²) in [5.41, 5.74) is 0.409. The van der Waals surface area contributed by atoms with Crippen LogP contribution in [0.5, 0.6) is 0 Å². The summed E-state index contributed by atoms with van der Waals surface area (Å²) in [6.45, 7) is 4.97. The van der Waals surface area contributed by atoms with Crippen molar-refractivity contribution in [2.75, 3.05) is 37.8 Å². The van der Waals surface area contributed by atoms with Gasteiger partial charge in [-0.25, -0.2) is 8.42 Å². The van der Waals surface area contributed by atoms with Crippen LogP contribution in [0.2, 0.25) is 0 Å². The first-order valence-electron chi connectivity index (χ1n) is 7.35. The van der Waals surface area contributed by atoms with E-state index in [2.05, 4.69) is 10.6 Å². The monoisotopic (exact) mass is 341 g/mol. The molecule has 0 spiro atoms. The number of nitrogens with one attached hydrogen (secondary N) is 2. The first-order valence-corrected chi connectivity index (χ1v) is 9.24. The molecular weight excluding hydrogens is 318 g/mol. The Hall–Kier alpha value is -1.93. The lowest BCUT2D eigenvalue weighted by molar-refractivity contribution is -0.123. The maximum Gasteiger partial charge on any atom is 0.238 e. The minimum atomic E-state index is -3.33. The summed E-state index contributed by atoms with van der Waals surface area (Å²) in [5.74, 6) is -0.442. The van der Waals surface area contributed by atoms with Crippen LogP contribution < -0.4 is 10.6 Å². The highest BCUT2D eigenvalue weighted by atomic mass is 32.2. The number of carbonyl (C=O) groups excluding carboxylic acids is 2. The quantitative estimate of drug-likeness (QED) is 0.717. The van der Waals surface area contributed by atoms with Crippen LogP contribution in [0.1, 0.15) is 13.8 Å². The third kappa shape index (κ3) is 6.79. The second-order valence-electron chi connectivity index (χ2n) is 5.10. The predicted molar refractivity (Wildman–Crippen MR) is 89.0 cm³/mol. The van der Waals surface area contributed by atoms with Crippen LogP contribution in [0.4, 0.5) is 5.69 Å². The van der Waals surface area contributed by atoms with Crippen LogP contribution in [0.15, 0.2) is 29.2 Å². The number of anilines is 1. The Morgan fingerprint density at radius 1 is 1.13 bits per heavy atom. The summed E-state index contributed by atoms with van der Waals surface area (Å²) in [5, 5.41) is 5.33. The number of likely N-dealkylation sites (N-methyl/N-ethyl adjacent to an activating group) is 2. The van der Waals surface area contributed by atoms with E-state index in [1.807, 2.05) is 13.8 Å². The van der Waals surface area contributed by atoms with Crippen LogP contribution in [0.25, 0.3) is 0 Å². The molecule has 1 aromatic carbocycles. The molecule has 23 heavy (non-hydrogen) atoms. The average molecular weight is 341 g/mol. The highest BCUT2D eigenvalue weighted by Gasteiger charge is 2.14. The lowest BCUT2D eigenvalue weighted by Crippen LogP contribution is -2.41. The van der Waals surface area contributed by atoms with Crippen molar-refractivity contribution in [1.29, 1.82) is 0 Å². The molecule has 0 radical (unpaired) electrons. The van der Waals surface area contributed by atoms with E-state index in [1.165, 1.54) is 12.1 Å². The summed E-state index contributed by atoms with van der Waals surface area (Å²) < 4.78 is 23.0. The van der Waals surface area contributed by atoms with Gasteiger partial charge in [0.1, 0.15) is 0 Å². The molecular formula is C15H23N3O4S. The predicted octanol–water partition coefficient (Wildman–Crippen LogP) is 0.487. The summed E-state index contributed by atoms with van der Waals surface area (Å²) in [6.07, 6.45) is 1.11. The summed E-state index contributed by atoms with van der Waals surface area (Å²) in [4.78, 5) is 25.4. The summed E-state index contributed by atoms with van der Waals surface area (Å²) >= 11 is 0. The maximum atomic E-state index is 12.0. The normalized spacial score (nSPS) is 11.3. The van der Waals surface area contributed by atoms with E-state index in [1.54, 1.807) is 17.0 Å². The van der Waals surface area contributed by atoms with Gasteiger partial charge in [0, 0.05) is 18.5 Å². The fourth-order valence-corrected chi connectivity index (χ4v) is 2.61. The Balaban J connectivity index is 2.67. The number of nitrogens with zero attached hydrogens (tertiary/aromatic N) is 1. The van der Waals surface area contributed by atoms with Crippen molar-refractivity contribution in [3.63, 3.8) is 0 Å². The minimum absolute atomic E-state index is 0.0523. The third-order valence-electron chi connectivity index (χ3n) is 3.10. The number of rotatable bonds is 8. The van der Waals surface area contributed by atoms with E-state index < -0.39 is 9.84 Å². The average Bonchev–Trinajstić information content (AvgIpc) is 2.46. The molecule has 0 aliphatic heterocycles. The smallest absolute Gasteiger partial charge is 0.238 e. The van der Waals surface area contributed by atoms with Crippen molar-refractivity contribution < 1.29 is 18.0 Å². The van der Waals surface area contributed by atoms with Crippen molar-refractivity contribution in [3.05, 3.63) is 24.3 Å². The van der Waals surface area contributed by atoms with Crippen LogP contribution in [-0.2, 0) is 19.4 Å². The molecule has 0 fully saturated rings. The first kappa shape index (κ1) is 19.1. The van der Waals surface area contributed by atoms with Gasteiger partial charge in [-0.15, -0.1) is 0 Å². The van der Waals surface area contributed by atoms with Crippen molar-refractivity contribution in [2.24, 2.45) is 0 Å². The fourth-order valence-electron chi connectivity index (χ4n) is 1.94. The first-order chi connectivity index (χ1) is 10.8. The van der Waals surface area contributed by atoms with E-state index in [0.29, 0.717) is 18.8 Å². The molecule has 0 saturated heterocycles. The Morgan fingerprint density at radius 3 is 2.35 bits per heavy atom. The molecule has 0 unspecified atom stereocenters. The van der Waals surface area contributed by atoms with E-state index in [9.17, 15) is 18.0 Å². The van der Waals surface area contributed by atoms with E-state index in [-0.39, 0.29) is 29.8 Å². The fraction of sp³-hybridized carbons (Fsp3) is 0.467. The summed E-state index contributed by atoms with van der Waals surface area (Å²) in [6, 6.07) is 6.07. The Labute approximate surface area is 137 Å². The molecule has 0 aliphatic rings. The number of hydrogen-bond acceptors (Lipinski definition) is 5. The maximum absolute atomic E-state index is 12.0. The highest BCUT2D eigenvalue weighted by Crippen LogP contribution is 2.15. The number of benzene rings is 1. The van der Waals surface area contributed by atoms with Crippen molar-refractivity contribution in [3.8, 4) is 0 Å². The zero-order valence-electron chi connectivity index (χ0n) is 13.6. The number of amides is 2. The van der Waals surface area contributed by atoms with E-state index in [0.717, 1.165) is 6.26 Å². The largest absolute Gasteiger partial charge is 0.355 e. The standard InChI is InChI=1S/C15H23N3O4S/c1-4-16-14(19)10-18(5-2)11-15(20)17-12-7-6-8-13(9-12)23(3,21)22/h6-9H,4-5,10-11H2,1-3H3,(H,16,19)(H,17,20). The van der Waals surface area contributed by atoms with Crippen LogP contribution in [-0.4, -0.2) is 57.6 Å². The lowest BCUT2D eigenvalue weighted by Gasteiger charge is -2.19. The highest BCUT2D eigenvalue weighted by molar-refractivity contribution is 7.90. The van der Waals surface area contributed by atoms with Gasteiger partial charge in [0.05, 0.1) is 18.0 Å². The van der Waals surface area contributed by atoms with Gasteiger partial charge in [0.15, 0.2) is 9.84 Å². The zero-order valence-corrected chi connectivity index (χ0v) is 14.4. The van der Waals surface area contributed by atoms with Gasteiger partial charge in [-0.05, 0) is 31.7 Å². The molecule has 1 aromatic rings. The molecule has 0 bridgehead atoms.